The molecule has 0 radical (unpaired) electrons. The fourth-order valence-corrected chi connectivity index (χ4v) is 3.32. The van der Waals surface area contributed by atoms with Crippen LogP contribution in [0.2, 0.25) is 0 Å². The van der Waals surface area contributed by atoms with Gasteiger partial charge in [0, 0.05) is 12.7 Å². The van der Waals surface area contributed by atoms with E-state index >= 15 is 0 Å². The maximum atomic E-state index is 11.9. The Kier molecular flexibility index (Phi) is 4.19. The largest absolute Gasteiger partial charge is 0.384 e. The monoisotopic (exact) mass is 269 g/mol. The fourth-order valence-electron chi connectivity index (χ4n) is 2.33. The molecule has 6 heteroatoms. The predicted molar refractivity (Wildman–Crippen MR) is 70.4 cm³/mol. The maximum absolute atomic E-state index is 11.9. The summed E-state index contributed by atoms with van der Waals surface area (Å²) < 4.78 is 26.5. The Morgan fingerprint density at radius 1 is 1.33 bits per heavy atom. The van der Waals surface area contributed by atoms with Crippen molar-refractivity contribution < 1.29 is 8.42 Å². The van der Waals surface area contributed by atoms with Gasteiger partial charge in [-0.1, -0.05) is 25.7 Å². The molecule has 1 fully saturated rings. The van der Waals surface area contributed by atoms with Crippen LogP contribution in [0.4, 0.5) is 5.82 Å². The lowest BCUT2D eigenvalue weighted by Crippen LogP contribution is -2.26. The first kappa shape index (κ1) is 13.3. The van der Waals surface area contributed by atoms with Crippen LogP contribution < -0.4 is 10.5 Å². The van der Waals surface area contributed by atoms with Gasteiger partial charge in [0.05, 0.1) is 0 Å². The molecule has 1 saturated carbocycles. The number of sulfonamides is 1. The highest BCUT2D eigenvalue weighted by atomic mass is 32.2. The third kappa shape index (κ3) is 3.43. The van der Waals surface area contributed by atoms with Crippen LogP contribution in [0.5, 0.6) is 0 Å². The van der Waals surface area contributed by atoms with Crippen LogP contribution in [0.3, 0.4) is 0 Å². The number of pyridine rings is 1. The number of nitrogens with two attached hydrogens (primary N) is 1. The summed E-state index contributed by atoms with van der Waals surface area (Å²) >= 11 is 0. The summed E-state index contributed by atoms with van der Waals surface area (Å²) in [5.74, 6) is 0.997. The zero-order chi connectivity index (χ0) is 13.0. The van der Waals surface area contributed by atoms with Crippen LogP contribution >= 0.6 is 0 Å². The minimum atomic E-state index is -3.44. The van der Waals surface area contributed by atoms with Gasteiger partial charge in [-0.25, -0.2) is 18.1 Å². The SMILES string of the molecule is Nc1ccc(S(=O)(=O)NCCC2CCCC2)cn1. The number of aromatic nitrogens is 1. The van der Waals surface area contributed by atoms with E-state index in [0.29, 0.717) is 18.3 Å². The van der Waals surface area contributed by atoms with Crippen molar-refractivity contribution in [2.24, 2.45) is 5.92 Å². The lowest BCUT2D eigenvalue weighted by molar-refractivity contribution is 0.495. The average Bonchev–Trinajstić information content (AvgIpc) is 2.82. The highest BCUT2D eigenvalue weighted by Crippen LogP contribution is 2.27. The quantitative estimate of drug-likeness (QED) is 0.848. The van der Waals surface area contributed by atoms with Crippen LogP contribution in [0.1, 0.15) is 32.1 Å². The van der Waals surface area contributed by atoms with E-state index in [1.54, 1.807) is 0 Å². The number of anilines is 1. The van der Waals surface area contributed by atoms with Crippen molar-refractivity contribution in [1.29, 1.82) is 0 Å². The zero-order valence-corrected chi connectivity index (χ0v) is 11.1. The molecule has 2 rings (SSSR count). The van der Waals surface area contributed by atoms with Gasteiger partial charge in [-0.05, 0) is 24.5 Å². The second-order valence-corrected chi connectivity index (χ2v) is 6.52. The van der Waals surface area contributed by atoms with Gasteiger partial charge < -0.3 is 5.73 Å². The van der Waals surface area contributed by atoms with Crippen molar-refractivity contribution in [1.82, 2.24) is 9.71 Å². The van der Waals surface area contributed by atoms with Crippen molar-refractivity contribution >= 4 is 15.8 Å². The van der Waals surface area contributed by atoms with Gasteiger partial charge in [0.2, 0.25) is 10.0 Å². The summed E-state index contributed by atoms with van der Waals surface area (Å²) in [6.45, 7) is 0.497. The van der Waals surface area contributed by atoms with Gasteiger partial charge in [0.25, 0.3) is 0 Å². The number of hydrogen-bond acceptors (Lipinski definition) is 4. The molecule has 0 atom stereocenters. The summed E-state index contributed by atoms with van der Waals surface area (Å²) in [5.41, 5.74) is 5.43. The normalized spacial score (nSPS) is 17.1. The van der Waals surface area contributed by atoms with E-state index in [0.717, 1.165) is 6.42 Å². The molecule has 0 unspecified atom stereocenters. The molecule has 1 aromatic heterocycles. The van der Waals surface area contributed by atoms with Gasteiger partial charge in [-0.3, -0.25) is 0 Å². The highest BCUT2D eigenvalue weighted by Gasteiger charge is 2.17. The summed E-state index contributed by atoms with van der Waals surface area (Å²) in [6.07, 6.45) is 7.21. The number of hydrogen-bond donors (Lipinski definition) is 2. The molecule has 100 valence electrons. The van der Waals surface area contributed by atoms with E-state index in [9.17, 15) is 8.42 Å². The van der Waals surface area contributed by atoms with Crippen molar-refractivity contribution in [3.8, 4) is 0 Å². The molecule has 1 aromatic rings. The first-order chi connectivity index (χ1) is 8.58. The minimum absolute atomic E-state index is 0.170. The Labute approximate surface area is 108 Å². The van der Waals surface area contributed by atoms with E-state index in [1.807, 2.05) is 0 Å². The van der Waals surface area contributed by atoms with Gasteiger partial charge >= 0.3 is 0 Å². The first-order valence-electron chi connectivity index (χ1n) is 6.29. The molecule has 1 aliphatic rings. The first-order valence-corrected chi connectivity index (χ1v) is 7.77. The van der Waals surface area contributed by atoms with Crippen molar-refractivity contribution in [3.63, 3.8) is 0 Å². The van der Waals surface area contributed by atoms with E-state index in [1.165, 1.54) is 44.0 Å². The third-order valence-corrected chi connectivity index (χ3v) is 4.84. The van der Waals surface area contributed by atoms with Crippen molar-refractivity contribution in [2.45, 2.75) is 37.0 Å². The minimum Gasteiger partial charge on any atom is -0.384 e. The maximum Gasteiger partial charge on any atom is 0.242 e. The topological polar surface area (TPSA) is 85.1 Å². The summed E-state index contributed by atoms with van der Waals surface area (Å²) in [4.78, 5) is 3.96. The number of nitrogens with zero attached hydrogens (tertiary/aromatic N) is 1. The summed E-state index contributed by atoms with van der Waals surface area (Å²) in [5, 5.41) is 0. The third-order valence-electron chi connectivity index (χ3n) is 3.39. The summed E-state index contributed by atoms with van der Waals surface area (Å²) in [7, 11) is -3.44. The molecule has 5 nitrogen and oxygen atoms in total. The van der Waals surface area contributed by atoms with Crippen LogP contribution in [0.15, 0.2) is 23.2 Å². The molecule has 0 saturated heterocycles. The van der Waals surface area contributed by atoms with Gasteiger partial charge in [-0.2, -0.15) is 0 Å². The number of rotatable bonds is 5. The molecule has 18 heavy (non-hydrogen) atoms. The second-order valence-electron chi connectivity index (χ2n) is 4.76. The lowest BCUT2D eigenvalue weighted by atomic mass is 10.1. The fraction of sp³-hybridized carbons (Fsp3) is 0.583. The van der Waals surface area contributed by atoms with Crippen molar-refractivity contribution in [3.05, 3.63) is 18.3 Å². The lowest BCUT2D eigenvalue weighted by Gasteiger charge is -2.10. The zero-order valence-electron chi connectivity index (χ0n) is 10.3. The number of nitrogens with one attached hydrogen (secondary N) is 1. The molecule has 3 N–H and O–H groups in total. The van der Waals surface area contributed by atoms with E-state index in [2.05, 4.69) is 9.71 Å². The molecule has 1 heterocycles. The second kappa shape index (κ2) is 5.67. The predicted octanol–water partition coefficient (Wildman–Crippen LogP) is 1.52. The van der Waals surface area contributed by atoms with Crippen LogP contribution in [0.25, 0.3) is 0 Å². The molecular formula is C12H19N3O2S. The van der Waals surface area contributed by atoms with E-state index in [-0.39, 0.29) is 4.90 Å². The smallest absolute Gasteiger partial charge is 0.242 e. The molecule has 0 spiro atoms. The molecular weight excluding hydrogens is 250 g/mol. The summed E-state index contributed by atoms with van der Waals surface area (Å²) in [6, 6.07) is 2.96. The molecule has 0 amide bonds. The Morgan fingerprint density at radius 2 is 2.06 bits per heavy atom. The van der Waals surface area contributed by atoms with Gasteiger partial charge in [-0.15, -0.1) is 0 Å². The molecule has 1 aliphatic carbocycles. The molecule has 0 aromatic carbocycles. The highest BCUT2D eigenvalue weighted by molar-refractivity contribution is 7.89. The van der Waals surface area contributed by atoms with Crippen LogP contribution in [-0.4, -0.2) is 19.9 Å². The Balaban J connectivity index is 1.88. The Bertz CT molecular complexity index is 479. The van der Waals surface area contributed by atoms with E-state index < -0.39 is 10.0 Å². The average molecular weight is 269 g/mol. The Hall–Kier alpha value is -1.14. The Morgan fingerprint density at radius 3 is 2.67 bits per heavy atom. The molecule has 0 bridgehead atoms. The van der Waals surface area contributed by atoms with Crippen LogP contribution in [0, 0.1) is 5.92 Å². The molecule has 0 aliphatic heterocycles. The van der Waals surface area contributed by atoms with Gasteiger partial charge in [0.1, 0.15) is 10.7 Å². The standard InChI is InChI=1S/C12H19N3O2S/c13-12-6-5-11(9-14-12)18(16,17)15-8-7-10-3-1-2-4-10/h5-6,9-10,15H,1-4,7-8H2,(H2,13,14). The van der Waals surface area contributed by atoms with E-state index in [4.69, 9.17) is 5.73 Å². The van der Waals surface area contributed by atoms with Crippen LogP contribution in [-0.2, 0) is 10.0 Å². The number of nitrogen functional groups attached to an aromatic ring is 1. The van der Waals surface area contributed by atoms with Crippen molar-refractivity contribution in [2.75, 3.05) is 12.3 Å². The van der Waals surface area contributed by atoms with Gasteiger partial charge in [0.15, 0.2) is 0 Å².